The molecule has 1 aromatic heterocycles. The second kappa shape index (κ2) is 6.03. The molecule has 3 aliphatic heterocycles. The third-order valence-corrected chi connectivity index (χ3v) is 4.92. The van der Waals surface area contributed by atoms with Crippen LogP contribution >= 0.6 is 0 Å². The summed E-state index contributed by atoms with van der Waals surface area (Å²) in [5.74, 6) is 1.50. The van der Waals surface area contributed by atoms with Gasteiger partial charge in [-0.1, -0.05) is 6.07 Å². The van der Waals surface area contributed by atoms with Crippen molar-refractivity contribution < 1.29 is 14.3 Å². The normalized spacial score (nSPS) is 23.9. The molecule has 2 unspecified atom stereocenters. The number of fused-ring (bicyclic) bond motifs is 2. The molecule has 1 fully saturated rings. The van der Waals surface area contributed by atoms with E-state index < -0.39 is 0 Å². The summed E-state index contributed by atoms with van der Waals surface area (Å²) < 4.78 is 11.2. The van der Waals surface area contributed by atoms with Gasteiger partial charge in [-0.05, 0) is 29.8 Å². The molecule has 1 aromatic carbocycles. The van der Waals surface area contributed by atoms with Gasteiger partial charge in [-0.2, -0.15) is 0 Å². The number of rotatable bonds is 2. The third-order valence-electron chi connectivity index (χ3n) is 4.92. The lowest BCUT2D eigenvalue weighted by atomic mass is 9.97. The van der Waals surface area contributed by atoms with Crippen LogP contribution in [0, 0.1) is 0 Å². The fraction of sp³-hybridized carbons (Fsp3) is 0.263. The molecular weight excluding hydrogens is 332 g/mol. The van der Waals surface area contributed by atoms with Crippen molar-refractivity contribution in [2.24, 2.45) is 0 Å². The SMILES string of the molecule is O=C1C=C(c2ccc3c(c2)OCCO3)NC2C(c3cccnc3)CNN12. The van der Waals surface area contributed by atoms with Gasteiger partial charge in [-0.3, -0.25) is 14.8 Å². The van der Waals surface area contributed by atoms with Gasteiger partial charge in [0.15, 0.2) is 11.5 Å². The van der Waals surface area contributed by atoms with Gasteiger partial charge in [0.1, 0.15) is 19.4 Å². The largest absolute Gasteiger partial charge is 0.486 e. The molecule has 7 heteroatoms. The van der Waals surface area contributed by atoms with Crippen LogP contribution in [0.15, 0.2) is 48.8 Å². The lowest BCUT2D eigenvalue weighted by Gasteiger charge is -2.33. The van der Waals surface area contributed by atoms with E-state index in [9.17, 15) is 4.79 Å². The molecule has 7 nitrogen and oxygen atoms in total. The number of ether oxygens (including phenoxy) is 2. The van der Waals surface area contributed by atoms with Gasteiger partial charge >= 0.3 is 0 Å². The number of hydrogen-bond donors (Lipinski definition) is 2. The number of carbonyl (C=O) groups excluding carboxylic acids is 1. The molecule has 0 spiro atoms. The molecule has 26 heavy (non-hydrogen) atoms. The van der Waals surface area contributed by atoms with Gasteiger partial charge in [0, 0.05) is 42.2 Å². The van der Waals surface area contributed by atoms with Crippen molar-refractivity contribution in [2.45, 2.75) is 12.1 Å². The second-order valence-electron chi connectivity index (χ2n) is 6.47. The van der Waals surface area contributed by atoms with Crippen molar-refractivity contribution in [1.29, 1.82) is 0 Å². The molecule has 1 saturated heterocycles. The van der Waals surface area contributed by atoms with Crippen LogP contribution in [-0.4, -0.2) is 41.8 Å². The minimum Gasteiger partial charge on any atom is -0.486 e. The Bertz CT molecular complexity index is 884. The van der Waals surface area contributed by atoms with E-state index in [0.29, 0.717) is 25.5 Å². The molecule has 3 aliphatic rings. The lowest BCUT2D eigenvalue weighted by molar-refractivity contribution is -0.130. The molecule has 132 valence electrons. The van der Waals surface area contributed by atoms with Crippen molar-refractivity contribution >= 4 is 11.6 Å². The average molecular weight is 350 g/mol. The first-order valence-corrected chi connectivity index (χ1v) is 8.64. The third kappa shape index (κ3) is 2.48. The van der Waals surface area contributed by atoms with Gasteiger partial charge in [0.05, 0.1) is 0 Å². The summed E-state index contributed by atoms with van der Waals surface area (Å²) in [5, 5.41) is 5.15. The zero-order valence-electron chi connectivity index (χ0n) is 14.0. The van der Waals surface area contributed by atoms with Crippen LogP contribution in [0.5, 0.6) is 11.5 Å². The average Bonchev–Trinajstić information content (AvgIpc) is 3.13. The van der Waals surface area contributed by atoms with Crippen LogP contribution in [0.2, 0.25) is 0 Å². The van der Waals surface area contributed by atoms with Gasteiger partial charge in [-0.15, -0.1) is 0 Å². The summed E-state index contributed by atoms with van der Waals surface area (Å²) in [4.78, 5) is 16.8. The Kier molecular flexibility index (Phi) is 3.53. The number of hydrazine groups is 1. The van der Waals surface area contributed by atoms with Gasteiger partial charge in [0.2, 0.25) is 0 Å². The van der Waals surface area contributed by atoms with E-state index in [2.05, 4.69) is 15.7 Å². The topological polar surface area (TPSA) is 75.7 Å². The van der Waals surface area contributed by atoms with Crippen LogP contribution in [0.3, 0.4) is 0 Å². The molecule has 0 aliphatic carbocycles. The molecule has 1 amide bonds. The van der Waals surface area contributed by atoms with E-state index in [0.717, 1.165) is 22.6 Å². The zero-order chi connectivity index (χ0) is 17.5. The van der Waals surface area contributed by atoms with Crippen LogP contribution in [-0.2, 0) is 4.79 Å². The van der Waals surface area contributed by atoms with Crippen molar-refractivity contribution in [3.8, 4) is 11.5 Å². The minimum absolute atomic E-state index is 0.0648. The van der Waals surface area contributed by atoms with E-state index >= 15 is 0 Å². The molecule has 2 aromatic rings. The number of nitrogens with zero attached hydrogens (tertiary/aromatic N) is 2. The van der Waals surface area contributed by atoms with Crippen molar-refractivity contribution in [1.82, 2.24) is 20.7 Å². The van der Waals surface area contributed by atoms with Crippen LogP contribution in [0.1, 0.15) is 17.0 Å². The van der Waals surface area contributed by atoms with E-state index in [4.69, 9.17) is 9.47 Å². The van der Waals surface area contributed by atoms with E-state index in [1.807, 2.05) is 36.5 Å². The highest BCUT2D eigenvalue weighted by Crippen LogP contribution is 2.35. The summed E-state index contributed by atoms with van der Waals surface area (Å²) in [5.41, 5.74) is 5.96. The van der Waals surface area contributed by atoms with Gasteiger partial charge < -0.3 is 14.8 Å². The maximum absolute atomic E-state index is 12.6. The fourth-order valence-corrected chi connectivity index (χ4v) is 3.63. The van der Waals surface area contributed by atoms with Gasteiger partial charge in [0.25, 0.3) is 5.91 Å². The Morgan fingerprint density at radius 1 is 1.15 bits per heavy atom. The Morgan fingerprint density at radius 2 is 2.04 bits per heavy atom. The second-order valence-corrected chi connectivity index (χ2v) is 6.47. The molecule has 5 rings (SSSR count). The van der Waals surface area contributed by atoms with E-state index in [1.54, 1.807) is 17.3 Å². The number of carbonyl (C=O) groups is 1. The quantitative estimate of drug-likeness (QED) is 0.849. The standard InChI is InChI=1S/C19H18N4O3/c24-18-9-15(12-3-4-16-17(8-12)26-7-6-25-16)22-19-14(11-21-23(18)19)13-2-1-5-20-10-13/h1-5,8-10,14,19,21-22H,6-7,11H2. The van der Waals surface area contributed by atoms with Gasteiger partial charge in [-0.25, -0.2) is 5.43 Å². The Hall–Kier alpha value is -3.06. The summed E-state index contributed by atoms with van der Waals surface area (Å²) >= 11 is 0. The first kappa shape index (κ1) is 15.2. The number of amides is 1. The minimum atomic E-state index is -0.167. The van der Waals surface area contributed by atoms with E-state index in [1.165, 1.54) is 0 Å². The Balaban J connectivity index is 1.46. The number of benzene rings is 1. The predicted molar refractivity (Wildman–Crippen MR) is 94.2 cm³/mol. The number of pyridine rings is 1. The molecule has 2 atom stereocenters. The maximum atomic E-state index is 12.6. The number of nitrogens with one attached hydrogen (secondary N) is 2. The molecule has 0 saturated carbocycles. The summed E-state index contributed by atoms with van der Waals surface area (Å²) in [6, 6.07) is 9.69. The van der Waals surface area contributed by atoms with Crippen LogP contribution in [0.4, 0.5) is 0 Å². The smallest absolute Gasteiger partial charge is 0.264 e. The maximum Gasteiger partial charge on any atom is 0.264 e. The molecule has 0 bridgehead atoms. The molecular formula is C19H18N4O3. The lowest BCUT2D eigenvalue weighted by Crippen LogP contribution is -2.52. The molecule has 2 N–H and O–H groups in total. The number of hydrogen-bond acceptors (Lipinski definition) is 6. The predicted octanol–water partition coefficient (Wildman–Crippen LogP) is 1.25. The zero-order valence-corrected chi connectivity index (χ0v) is 14.0. The van der Waals surface area contributed by atoms with Crippen LogP contribution in [0.25, 0.3) is 5.70 Å². The van der Waals surface area contributed by atoms with E-state index in [-0.39, 0.29) is 18.0 Å². The number of aromatic nitrogens is 1. The fourth-order valence-electron chi connectivity index (χ4n) is 3.63. The summed E-state index contributed by atoms with van der Waals surface area (Å²) in [6.45, 7) is 1.77. The van der Waals surface area contributed by atoms with Crippen molar-refractivity contribution in [3.05, 3.63) is 59.9 Å². The molecule has 0 radical (unpaired) electrons. The highest BCUT2D eigenvalue weighted by atomic mass is 16.6. The molecule has 4 heterocycles. The van der Waals surface area contributed by atoms with Crippen molar-refractivity contribution in [2.75, 3.05) is 19.8 Å². The first-order chi connectivity index (χ1) is 12.8. The first-order valence-electron chi connectivity index (χ1n) is 8.64. The Labute approximate surface area is 150 Å². The summed E-state index contributed by atoms with van der Waals surface area (Å²) in [6.07, 6.45) is 5.05. The summed E-state index contributed by atoms with van der Waals surface area (Å²) in [7, 11) is 0. The highest BCUT2D eigenvalue weighted by molar-refractivity contribution is 5.97. The monoisotopic (exact) mass is 350 g/mol. The van der Waals surface area contributed by atoms with Crippen molar-refractivity contribution in [3.63, 3.8) is 0 Å². The highest BCUT2D eigenvalue weighted by Gasteiger charge is 2.40. The Morgan fingerprint density at radius 3 is 2.88 bits per heavy atom. The van der Waals surface area contributed by atoms with Crippen LogP contribution < -0.4 is 20.2 Å².